The highest BCUT2D eigenvalue weighted by molar-refractivity contribution is 6.02. The summed E-state index contributed by atoms with van der Waals surface area (Å²) in [5.41, 5.74) is 0.724. The summed E-state index contributed by atoms with van der Waals surface area (Å²) >= 11 is 0. The van der Waals surface area contributed by atoms with Crippen LogP contribution in [0.1, 0.15) is 22.3 Å². The van der Waals surface area contributed by atoms with E-state index in [0.29, 0.717) is 12.0 Å². The van der Waals surface area contributed by atoms with Gasteiger partial charge in [0.05, 0.1) is 11.7 Å². The summed E-state index contributed by atoms with van der Waals surface area (Å²) in [4.78, 5) is 11.7. The first-order valence-corrected chi connectivity index (χ1v) is 4.73. The lowest BCUT2D eigenvalue weighted by molar-refractivity contribution is 0.0686. The topological polar surface area (TPSA) is 66.8 Å². The number of aromatic hydroxyl groups is 2. The maximum absolute atomic E-state index is 11.7. The van der Waals surface area contributed by atoms with Gasteiger partial charge in [0.25, 0.3) is 0 Å². The summed E-state index contributed by atoms with van der Waals surface area (Å²) in [6.07, 6.45) is 0.496. The Morgan fingerprint density at radius 2 is 1.93 bits per heavy atom. The molecule has 15 heavy (non-hydrogen) atoms. The fourth-order valence-electron chi connectivity index (χ4n) is 1.92. The Bertz CT molecular complexity index is 411. The number of benzene rings is 1. The van der Waals surface area contributed by atoms with Crippen LogP contribution in [0.3, 0.4) is 0 Å². The number of rotatable bonds is 1. The van der Waals surface area contributed by atoms with E-state index in [4.69, 9.17) is 4.74 Å². The normalized spacial score (nSPS) is 20.1. The zero-order valence-electron chi connectivity index (χ0n) is 8.36. The van der Waals surface area contributed by atoms with Crippen LogP contribution >= 0.6 is 0 Å². The van der Waals surface area contributed by atoms with Crippen LogP contribution in [0.4, 0.5) is 0 Å². The second kappa shape index (κ2) is 3.55. The van der Waals surface area contributed by atoms with Gasteiger partial charge in [-0.3, -0.25) is 4.79 Å². The molecule has 0 spiro atoms. The summed E-state index contributed by atoms with van der Waals surface area (Å²) in [6, 6.07) is 2.72. The highest BCUT2D eigenvalue weighted by atomic mass is 16.5. The highest BCUT2D eigenvalue weighted by Gasteiger charge is 2.29. The Balaban J connectivity index is 2.53. The van der Waals surface area contributed by atoms with E-state index in [2.05, 4.69) is 0 Å². The molecule has 0 fully saturated rings. The van der Waals surface area contributed by atoms with Gasteiger partial charge >= 0.3 is 0 Å². The minimum absolute atomic E-state index is 0.0397. The van der Waals surface area contributed by atoms with Gasteiger partial charge in [-0.05, 0) is 12.1 Å². The van der Waals surface area contributed by atoms with Crippen LogP contribution in [-0.2, 0) is 11.2 Å². The number of Topliss-reactive ketones (excluding diaryl/α,β-unsaturated/α-hetero) is 1. The van der Waals surface area contributed by atoms with Gasteiger partial charge in [0, 0.05) is 25.5 Å². The van der Waals surface area contributed by atoms with Crippen molar-refractivity contribution in [2.45, 2.75) is 18.9 Å². The molecule has 0 radical (unpaired) electrons. The predicted molar refractivity (Wildman–Crippen MR) is 53.2 cm³/mol. The SMILES string of the molecule is COC1CC(=O)c2c(O)ccc(O)c2C1. The highest BCUT2D eigenvalue weighted by Crippen LogP contribution is 2.35. The average Bonchev–Trinajstić information content (AvgIpc) is 2.23. The van der Waals surface area contributed by atoms with Crippen molar-refractivity contribution in [1.82, 2.24) is 0 Å². The number of hydrogen-bond acceptors (Lipinski definition) is 4. The Hall–Kier alpha value is -1.55. The molecular weight excluding hydrogens is 196 g/mol. The predicted octanol–water partition coefficient (Wildman–Crippen LogP) is 1.24. The summed E-state index contributed by atoms with van der Waals surface area (Å²) in [6.45, 7) is 0. The largest absolute Gasteiger partial charge is 0.508 e. The second-order valence-electron chi connectivity index (χ2n) is 3.65. The van der Waals surface area contributed by atoms with Crippen LogP contribution < -0.4 is 0 Å². The molecule has 1 aromatic rings. The van der Waals surface area contributed by atoms with Crippen molar-refractivity contribution in [2.75, 3.05) is 7.11 Å². The monoisotopic (exact) mass is 208 g/mol. The molecule has 0 amide bonds. The first kappa shape index (κ1) is 9.98. The molecule has 2 N–H and O–H groups in total. The first-order chi connectivity index (χ1) is 7.13. The third kappa shape index (κ3) is 1.57. The number of ether oxygens (including phenoxy) is 1. The third-order valence-corrected chi connectivity index (χ3v) is 2.72. The van der Waals surface area contributed by atoms with E-state index in [1.165, 1.54) is 19.2 Å². The lowest BCUT2D eigenvalue weighted by Gasteiger charge is -2.23. The number of phenolic OH excluding ortho intramolecular Hbond substituents is 2. The maximum Gasteiger partial charge on any atom is 0.169 e. The van der Waals surface area contributed by atoms with Crippen molar-refractivity contribution in [2.24, 2.45) is 0 Å². The van der Waals surface area contributed by atoms with Crippen molar-refractivity contribution in [3.8, 4) is 11.5 Å². The standard InChI is InChI=1S/C11H12O4/c1-15-6-4-7-8(12)2-3-9(13)11(7)10(14)5-6/h2-3,6,12-13H,4-5H2,1H3. The van der Waals surface area contributed by atoms with Crippen molar-refractivity contribution >= 4 is 5.78 Å². The number of methoxy groups -OCH3 is 1. The number of fused-ring (bicyclic) bond motifs is 1. The number of ketones is 1. The summed E-state index contributed by atoms with van der Waals surface area (Å²) in [7, 11) is 1.53. The number of carbonyl (C=O) groups excluding carboxylic acids is 1. The van der Waals surface area contributed by atoms with Crippen LogP contribution in [0.25, 0.3) is 0 Å². The van der Waals surface area contributed by atoms with Crippen LogP contribution in [0.15, 0.2) is 12.1 Å². The Kier molecular flexibility index (Phi) is 2.36. The molecule has 1 aliphatic rings. The molecule has 80 valence electrons. The van der Waals surface area contributed by atoms with Gasteiger partial charge in [0.1, 0.15) is 11.5 Å². The molecule has 4 nitrogen and oxygen atoms in total. The zero-order valence-corrected chi connectivity index (χ0v) is 8.36. The summed E-state index contributed by atoms with van der Waals surface area (Å²) < 4.78 is 5.10. The number of carbonyl (C=O) groups is 1. The lowest BCUT2D eigenvalue weighted by Crippen LogP contribution is -2.26. The molecular formula is C11H12O4. The second-order valence-corrected chi connectivity index (χ2v) is 3.65. The van der Waals surface area contributed by atoms with Crippen molar-refractivity contribution in [1.29, 1.82) is 0 Å². The molecule has 1 atom stereocenters. The van der Waals surface area contributed by atoms with Crippen molar-refractivity contribution in [3.63, 3.8) is 0 Å². The van der Waals surface area contributed by atoms with E-state index in [1.807, 2.05) is 0 Å². The average molecular weight is 208 g/mol. The molecule has 0 saturated carbocycles. The van der Waals surface area contributed by atoms with E-state index >= 15 is 0 Å². The van der Waals surface area contributed by atoms with Gasteiger partial charge in [-0.2, -0.15) is 0 Å². The van der Waals surface area contributed by atoms with Gasteiger partial charge in [0.15, 0.2) is 5.78 Å². The summed E-state index contributed by atoms with van der Waals surface area (Å²) in [5.74, 6) is -0.211. The first-order valence-electron chi connectivity index (χ1n) is 4.73. The Labute approximate surface area is 87.1 Å². The minimum atomic E-state index is -0.210. The quantitative estimate of drug-likeness (QED) is 0.681. The van der Waals surface area contributed by atoms with Crippen LogP contribution in [-0.4, -0.2) is 29.2 Å². The van der Waals surface area contributed by atoms with Crippen molar-refractivity contribution in [3.05, 3.63) is 23.3 Å². The molecule has 1 aliphatic carbocycles. The van der Waals surface area contributed by atoms with Gasteiger partial charge in [-0.25, -0.2) is 0 Å². The van der Waals surface area contributed by atoms with E-state index in [-0.39, 0.29) is 35.4 Å². The van der Waals surface area contributed by atoms with E-state index in [9.17, 15) is 15.0 Å². The van der Waals surface area contributed by atoms with E-state index < -0.39 is 0 Å². The fourth-order valence-corrected chi connectivity index (χ4v) is 1.92. The smallest absolute Gasteiger partial charge is 0.169 e. The Morgan fingerprint density at radius 3 is 2.60 bits per heavy atom. The van der Waals surface area contributed by atoms with Crippen LogP contribution in [0, 0.1) is 0 Å². The fraction of sp³-hybridized carbons (Fsp3) is 0.364. The molecule has 0 heterocycles. The molecule has 0 aliphatic heterocycles. The number of phenols is 2. The molecule has 0 bridgehead atoms. The van der Waals surface area contributed by atoms with Gasteiger partial charge < -0.3 is 14.9 Å². The molecule has 1 unspecified atom stereocenters. The Morgan fingerprint density at radius 1 is 1.27 bits per heavy atom. The molecule has 0 aromatic heterocycles. The van der Waals surface area contributed by atoms with Gasteiger partial charge in [-0.1, -0.05) is 0 Å². The maximum atomic E-state index is 11.7. The molecule has 1 aromatic carbocycles. The third-order valence-electron chi connectivity index (χ3n) is 2.72. The van der Waals surface area contributed by atoms with Crippen LogP contribution in [0.5, 0.6) is 11.5 Å². The minimum Gasteiger partial charge on any atom is -0.508 e. The lowest BCUT2D eigenvalue weighted by atomic mass is 9.87. The summed E-state index contributed by atoms with van der Waals surface area (Å²) in [5, 5.41) is 19.1. The zero-order chi connectivity index (χ0) is 11.0. The van der Waals surface area contributed by atoms with E-state index in [1.54, 1.807) is 0 Å². The number of hydrogen-bond donors (Lipinski definition) is 2. The van der Waals surface area contributed by atoms with Crippen LogP contribution in [0.2, 0.25) is 0 Å². The molecule has 4 heteroatoms. The molecule has 0 saturated heterocycles. The van der Waals surface area contributed by atoms with Gasteiger partial charge in [0.2, 0.25) is 0 Å². The van der Waals surface area contributed by atoms with E-state index in [0.717, 1.165) is 0 Å². The molecule has 2 rings (SSSR count). The van der Waals surface area contributed by atoms with Gasteiger partial charge in [-0.15, -0.1) is 0 Å². The van der Waals surface area contributed by atoms with Crippen molar-refractivity contribution < 1.29 is 19.7 Å².